The van der Waals surface area contributed by atoms with Crippen molar-refractivity contribution in [3.8, 4) is 0 Å². The van der Waals surface area contributed by atoms with Gasteiger partial charge in [0.2, 0.25) is 11.8 Å². The molecule has 0 unspecified atom stereocenters. The fraction of sp³-hybridized carbons (Fsp3) is 0.636. The van der Waals surface area contributed by atoms with Gasteiger partial charge in [0.1, 0.15) is 12.6 Å². The standard InChI is InChI=1S/C22H33N5O4/c1-16(2)10-19-21(29)25(8-9-31-4)13-18-14-26(22(30)27(18)19)15-20(28)24(3)12-17-6-5-7-23-11-17/h5-7,11,16,18-19H,8-10,12-15H2,1-4H3/t18-,19-/m0/s1. The van der Waals surface area contributed by atoms with Crippen LogP contribution in [0.15, 0.2) is 24.5 Å². The molecule has 0 radical (unpaired) electrons. The van der Waals surface area contributed by atoms with Gasteiger partial charge in [-0.25, -0.2) is 4.79 Å². The number of urea groups is 1. The smallest absolute Gasteiger partial charge is 0.321 e. The Morgan fingerprint density at radius 2 is 2.03 bits per heavy atom. The van der Waals surface area contributed by atoms with E-state index in [2.05, 4.69) is 4.98 Å². The van der Waals surface area contributed by atoms with Gasteiger partial charge in [0.15, 0.2) is 0 Å². The van der Waals surface area contributed by atoms with Crippen LogP contribution in [0.4, 0.5) is 4.79 Å². The molecule has 2 aliphatic rings. The molecule has 1 aromatic heterocycles. The van der Waals surface area contributed by atoms with Gasteiger partial charge < -0.3 is 24.3 Å². The van der Waals surface area contributed by atoms with Crippen LogP contribution in [-0.2, 0) is 20.9 Å². The summed E-state index contributed by atoms with van der Waals surface area (Å²) in [5.41, 5.74) is 0.930. The van der Waals surface area contributed by atoms with Gasteiger partial charge >= 0.3 is 6.03 Å². The zero-order valence-corrected chi connectivity index (χ0v) is 18.9. The summed E-state index contributed by atoms with van der Waals surface area (Å²) < 4.78 is 5.15. The van der Waals surface area contributed by atoms with Crippen molar-refractivity contribution in [2.24, 2.45) is 5.92 Å². The Hall–Kier alpha value is -2.68. The zero-order chi connectivity index (χ0) is 22.5. The van der Waals surface area contributed by atoms with Gasteiger partial charge in [-0.2, -0.15) is 0 Å². The third kappa shape index (κ3) is 5.33. The van der Waals surface area contributed by atoms with Crippen molar-refractivity contribution in [1.82, 2.24) is 24.6 Å². The van der Waals surface area contributed by atoms with E-state index in [1.807, 2.05) is 26.0 Å². The highest BCUT2D eigenvalue weighted by Gasteiger charge is 2.49. The molecule has 2 saturated heterocycles. The summed E-state index contributed by atoms with van der Waals surface area (Å²) >= 11 is 0. The summed E-state index contributed by atoms with van der Waals surface area (Å²) in [7, 11) is 3.33. The van der Waals surface area contributed by atoms with E-state index in [1.165, 1.54) is 0 Å². The third-order valence-electron chi connectivity index (χ3n) is 5.83. The van der Waals surface area contributed by atoms with E-state index < -0.39 is 6.04 Å². The van der Waals surface area contributed by atoms with Crippen LogP contribution in [0.1, 0.15) is 25.8 Å². The van der Waals surface area contributed by atoms with E-state index in [1.54, 1.807) is 46.2 Å². The van der Waals surface area contributed by atoms with E-state index in [0.717, 1.165) is 5.56 Å². The summed E-state index contributed by atoms with van der Waals surface area (Å²) in [6.45, 7) is 6.41. The van der Waals surface area contributed by atoms with Gasteiger partial charge in [-0.1, -0.05) is 19.9 Å². The maximum Gasteiger partial charge on any atom is 0.321 e. The van der Waals surface area contributed by atoms with Crippen molar-refractivity contribution in [3.63, 3.8) is 0 Å². The molecular weight excluding hydrogens is 398 g/mol. The maximum atomic E-state index is 13.2. The minimum absolute atomic E-state index is 0.00323. The summed E-state index contributed by atoms with van der Waals surface area (Å²) in [5, 5.41) is 0. The minimum Gasteiger partial charge on any atom is -0.383 e. The number of amides is 4. The fourth-order valence-corrected chi connectivity index (χ4v) is 4.28. The Kier molecular flexibility index (Phi) is 7.48. The number of methoxy groups -OCH3 is 1. The molecular formula is C22H33N5O4. The highest BCUT2D eigenvalue weighted by Crippen LogP contribution is 2.29. The molecule has 0 saturated carbocycles. The van der Waals surface area contributed by atoms with Gasteiger partial charge in [-0.3, -0.25) is 14.6 Å². The quantitative estimate of drug-likeness (QED) is 0.583. The van der Waals surface area contributed by atoms with Crippen molar-refractivity contribution in [3.05, 3.63) is 30.1 Å². The number of hydrogen-bond donors (Lipinski definition) is 0. The number of rotatable bonds is 9. The normalized spacial score (nSPS) is 21.1. The topological polar surface area (TPSA) is 86.3 Å². The number of carbonyl (C=O) groups excluding carboxylic acids is 3. The maximum absolute atomic E-state index is 13.2. The number of piperazine rings is 1. The first kappa shape index (κ1) is 23.0. The lowest BCUT2D eigenvalue weighted by Crippen LogP contribution is -2.61. The predicted octanol–water partition coefficient (Wildman–Crippen LogP) is 1.05. The monoisotopic (exact) mass is 431 g/mol. The molecule has 3 rings (SSSR count). The number of aromatic nitrogens is 1. The molecule has 0 aliphatic carbocycles. The van der Waals surface area contributed by atoms with Crippen molar-refractivity contribution < 1.29 is 19.1 Å². The SMILES string of the molecule is COCCN1C[C@H]2CN(CC(=O)N(C)Cc3cccnc3)C(=O)N2[C@@H](CC(C)C)C1=O. The Balaban J connectivity index is 1.68. The molecule has 2 atom stereocenters. The van der Waals surface area contributed by atoms with Crippen molar-refractivity contribution >= 4 is 17.8 Å². The summed E-state index contributed by atoms with van der Waals surface area (Å²) in [4.78, 5) is 49.8. The van der Waals surface area contributed by atoms with Crippen LogP contribution in [0.25, 0.3) is 0 Å². The Morgan fingerprint density at radius 1 is 1.29 bits per heavy atom. The molecule has 3 heterocycles. The Morgan fingerprint density at radius 3 is 2.68 bits per heavy atom. The Labute approximate surface area is 183 Å². The summed E-state index contributed by atoms with van der Waals surface area (Å²) in [6, 6.07) is 2.92. The number of carbonyl (C=O) groups is 3. The molecule has 0 spiro atoms. The number of nitrogens with zero attached hydrogens (tertiary/aromatic N) is 5. The van der Waals surface area contributed by atoms with Crippen molar-refractivity contribution in [1.29, 1.82) is 0 Å². The van der Waals surface area contributed by atoms with E-state index in [9.17, 15) is 14.4 Å². The molecule has 31 heavy (non-hydrogen) atoms. The molecule has 2 fully saturated rings. The van der Waals surface area contributed by atoms with Gasteiger partial charge in [0.05, 0.1) is 12.6 Å². The molecule has 4 amide bonds. The highest BCUT2D eigenvalue weighted by atomic mass is 16.5. The van der Waals surface area contributed by atoms with Crippen LogP contribution in [0, 0.1) is 5.92 Å². The van der Waals surface area contributed by atoms with Crippen LogP contribution in [0.3, 0.4) is 0 Å². The fourth-order valence-electron chi connectivity index (χ4n) is 4.28. The van der Waals surface area contributed by atoms with Gasteiger partial charge in [0, 0.05) is 52.7 Å². The number of likely N-dealkylation sites (N-methyl/N-ethyl adjacent to an activating group) is 1. The molecule has 170 valence electrons. The lowest BCUT2D eigenvalue weighted by atomic mass is 9.97. The molecule has 1 aromatic rings. The van der Waals surface area contributed by atoms with Crippen molar-refractivity contribution in [2.75, 3.05) is 46.9 Å². The summed E-state index contributed by atoms with van der Waals surface area (Å²) in [6.07, 6.45) is 4.02. The second-order valence-corrected chi connectivity index (χ2v) is 8.76. The molecule has 2 aliphatic heterocycles. The average Bonchev–Trinajstić information content (AvgIpc) is 3.04. The lowest BCUT2D eigenvalue weighted by molar-refractivity contribution is -0.143. The van der Waals surface area contributed by atoms with Crippen molar-refractivity contribution in [2.45, 2.75) is 38.9 Å². The second-order valence-electron chi connectivity index (χ2n) is 8.76. The molecule has 0 bridgehead atoms. The van der Waals surface area contributed by atoms with E-state index in [4.69, 9.17) is 4.74 Å². The van der Waals surface area contributed by atoms with Crippen LogP contribution < -0.4 is 0 Å². The van der Waals surface area contributed by atoms with Crippen LogP contribution >= 0.6 is 0 Å². The van der Waals surface area contributed by atoms with E-state index in [0.29, 0.717) is 39.2 Å². The molecule has 9 nitrogen and oxygen atoms in total. The van der Waals surface area contributed by atoms with E-state index in [-0.39, 0.29) is 36.3 Å². The predicted molar refractivity (Wildman–Crippen MR) is 115 cm³/mol. The molecule has 0 N–H and O–H groups in total. The number of pyridine rings is 1. The van der Waals surface area contributed by atoms with Crippen LogP contribution in [-0.4, -0.2) is 101 Å². The molecule has 0 aromatic carbocycles. The summed E-state index contributed by atoms with van der Waals surface area (Å²) in [5.74, 6) is 0.100. The number of hydrogen-bond acceptors (Lipinski definition) is 5. The molecule has 9 heteroatoms. The third-order valence-corrected chi connectivity index (χ3v) is 5.83. The number of ether oxygens (including phenoxy) is 1. The van der Waals surface area contributed by atoms with Crippen LogP contribution in [0.2, 0.25) is 0 Å². The van der Waals surface area contributed by atoms with Gasteiger partial charge in [-0.15, -0.1) is 0 Å². The first-order chi connectivity index (χ1) is 14.8. The van der Waals surface area contributed by atoms with Crippen LogP contribution in [0.5, 0.6) is 0 Å². The first-order valence-electron chi connectivity index (χ1n) is 10.8. The lowest BCUT2D eigenvalue weighted by Gasteiger charge is -2.42. The minimum atomic E-state index is -0.490. The van der Waals surface area contributed by atoms with Gasteiger partial charge in [0.25, 0.3) is 0 Å². The number of fused-ring (bicyclic) bond motifs is 1. The Bertz CT molecular complexity index is 787. The first-order valence-corrected chi connectivity index (χ1v) is 10.8. The van der Waals surface area contributed by atoms with Gasteiger partial charge in [-0.05, 0) is 24.0 Å². The second kappa shape index (κ2) is 10.1. The highest BCUT2D eigenvalue weighted by molar-refractivity contribution is 5.91. The van der Waals surface area contributed by atoms with E-state index >= 15 is 0 Å². The largest absolute Gasteiger partial charge is 0.383 e. The zero-order valence-electron chi connectivity index (χ0n) is 18.9. The average molecular weight is 432 g/mol.